The van der Waals surface area contributed by atoms with Crippen molar-refractivity contribution >= 4 is 17.6 Å². The molecular weight excluding hydrogens is 301 g/mol. The number of amides is 2. The maximum absolute atomic E-state index is 13.9. The molecule has 1 aliphatic heterocycles. The standard InChI is InChI=1S/C16H20FN3O3/c1-16(2,3)23-15(22)20-8-6-10(7-9-20)13-11(17)4-5-12(19-13)14(18)21/h4-6H,7-9H2,1-3H3,(H2,18,21). The van der Waals surface area contributed by atoms with Crippen molar-refractivity contribution in [1.29, 1.82) is 0 Å². The van der Waals surface area contributed by atoms with Gasteiger partial charge in [0.2, 0.25) is 0 Å². The van der Waals surface area contributed by atoms with E-state index in [1.165, 1.54) is 17.0 Å². The number of nitrogens with zero attached hydrogens (tertiary/aromatic N) is 2. The van der Waals surface area contributed by atoms with E-state index in [0.717, 1.165) is 0 Å². The Kier molecular flexibility index (Phi) is 4.68. The number of ether oxygens (including phenoxy) is 1. The second kappa shape index (κ2) is 6.36. The summed E-state index contributed by atoms with van der Waals surface area (Å²) < 4.78 is 19.2. The highest BCUT2D eigenvalue weighted by molar-refractivity contribution is 5.91. The van der Waals surface area contributed by atoms with E-state index in [4.69, 9.17) is 10.5 Å². The smallest absolute Gasteiger partial charge is 0.410 e. The average molecular weight is 321 g/mol. The molecule has 0 unspecified atom stereocenters. The van der Waals surface area contributed by atoms with E-state index in [9.17, 15) is 14.0 Å². The molecule has 124 valence electrons. The number of carbonyl (C=O) groups excluding carboxylic acids is 2. The molecule has 0 spiro atoms. The number of hydrogen-bond donors (Lipinski definition) is 1. The predicted molar refractivity (Wildman–Crippen MR) is 83.1 cm³/mol. The Bertz CT molecular complexity index is 665. The summed E-state index contributed by atoms with van der Waals surface area (Å²) in [6, 6.07) is 2.42. The van der Waals surface area contributed by atoms with Crippen molar-refractivity contribution in [3.05, 3.63) is 35.4 Å². The highest BCUT2D eigenvalue weighted by atomic mass is 19.1. The first-order valence-electron chi connectivity index (χ1n) is 7.31. The summed E-state index contributed by atoms with van der Waals surface area (Å²) in [5, 5.41) is 0. The van der Waals surface area contributed by atoms with Crippen LogP contribution in [0.15, 0.2) is 18.2 Å². The Morgan fingerprint density at radius 2 is 2.04 bits per heavy atom. The summed E-state index contributed by atoms with van der Waals surface area (Å²) in [6.07, 6.45) is 1.72. The summed E-state index contributed by atoms with van der Waals surface area (Å²) >= 11 is 0. The van der Waals surface area contributed by atoms with Crippen LogP contribution in [0, 0.1) is 5.82 Å². The third-order valence-corrected chi connectivity index (χ3v) is 3.26. The zero-order chi connectivity index (χ0) is 17.2. The van der Waals surface area contributed by atoms with Crippen LogP contribution in [0.4, 0.5) is 9.18 Å². The Morgan fingerprint density at radius 1 is 1.35 bits per heavy atom. The molecule has 0 atom stereocenters. The van der Waals surface area contributed by atoms with Crippen LogP contribution in [0.3, 0.4) is 0 Å². The van der Waals surface area contributed by atoms with Crippen LogP contribution in [0.25, 0.3) is 5.57 Å². The van der Waals surface area contributed by atoms with E-state index in [-0.39, 0.29) is 11.4 Å². The number of carbonyl (C=O) groups is 2. The van der Waals surface area contributed by atoms with Gasteiger partial charge in [-0.25, -0.2) is 14.2 Å². The largest absolute Gasteiger partial charge is 0.444 e. The number of aromatic nitrogens is 1. The third kappa shape index (κ3) is 4.28. The molecule has 0 aliphatic carbocycles. The fourth-order valence-corrected chi connectivity index (χ4v) is 2.18. The zero-order valence-corrected chi connectivity index (χ0v) is 13.4. The number of nitrogens with two attached hydrogens (primary N) is 1. The first kappa shape index (κ1) is 16.9. The number of pyridine rings is 1. The van der Waals surface area contributed by atoms with Gasteiger partial charge in [0, 0.05) is 13.1 Å². The minimum absolute atomic E-state index is 0.0110. The van der Waals surface area contributed by atoms with Crippen molar-refractivity contribution in [2.24, 2.45) is 5.73 Å². The van der Waals surface area contributed by atoms with Crippen LogP contribution < -0.4 is 5.73 Å². The maximum atomic E-state index is 13.9. The Balaban J connectivity index is 2.15. The highest BCUT2D eigenvalue weighted by Gasteiger charge is 2.25. The van der Waals surface area contributed by atoms with Crippen LogP contribution in [-0.4, -0.2) is 40.6 Å². The van der Waals surface area contributed by atoms with Gasteiger partial charge >= 0.3 is 6.09 Å². The summed E-state index contributed by atoms with van der Waals surface area (Å²) in [7, 11) is 0. The first-order valence-corrected chi connectivity index (χ1v) is 7.31. The average Bonchev–Trinajstić information content (AvgIpc) is 2.46. The van der Waals surface area contributed by atoms with Crippen molar-refractivity contribution in [2.75, 3.05) is 13.1 Å². The number of halogens is 1. The molecule has 23 heavy (non-hydrogen) atoms. The van der Waals surface area contributed by atoms with E-state index in [2.05, 4.69) is 4.98 Å². The van der Waals surface area contributed by atoms with Crippen molar-refractivity contribution in [3.63, 3.8) is 0 Å². The number of primary amides is 1. The molecular formula is C16H20FN3O3. The van der Waals surface area contributed by atoms with Crippen LogP contribution in [0.5, 0.6) is 0 Å². The Hall–Kier alpha value is -2.44. The molecule has 1 aromatic heterocycles. The first-order chi connectivity index (χ1) is 10.7. The third-order valence-electron chi connectivity index (χ3n) is 3.26. The fourth-order valence-electron chi connectivity index (χ4n) is 2.18. The van der Waals surface area contributed by atoms with E-state index in [1.807, 2.05) is 0 Å². The van der Waals surface area contributed by atoms with E-state index in [1.54, 1.807) is 26.8 Å². The molecule has 2 N–H and O–H groups in total. The van der Waals surface area contributed by atoms with Gasteiger partial charge in [0.1, 0.15) is 22.8 Å². The minimum Gasteiger partial charge on any atom is -0.444 e. The molecule has 7 heteroatoms. The molecule has 1 aromatic rings. The minimum atomic E-state index is -0.710. The van der Waals surface area contributed by atoms with Crippen LogP contribution in [-0.2, 0) is 4.74 Å². The lowest BCUT2D eigenvalue weighted by Crippen LogP contribution is -2.39. The summed E-state index contributed by atoms with van der Waals surface area (Å²) in [6.45, 7) is 6.08. The maximum Gasteiger partial charge on any atom is 0.410 e. The van der Waals surface area contributed by atoms with Gasteiger partial charge in [0.15, 0.2) is 0 Å². The van der Waals surface area contributed by atoms with Crippen molar-refractivity contribution in [1.82, 2.24) is 9.88 Å². The van der Waals surface area contributed by atoms with Gasteiger partial charge < -0.3 is 15.4 Å². The summed E-state index contributed by atoms with van der Waals surface area (Å²) in [4.78, 5) is 28.7. The zero-order valence-electron chi connectivity index (χ0n) is 13.4. The Morgan fingerprint density at radius 3 is 2.57 bits per heavy atom. The number of rotatable bonds is 2. The van der Waals surface area contributed by atoms with Crippen molar-refractivity contribution in [2.45, 2.75) is 32.8 Å². The molecule has 2 rings (SSSR count). The van der Waals surface area contributed by atoms with Crippen molar-refractivity contribution in [3.8, 4) is 0 Å². The lowest BCUT2D eigenvalue weighted by molar-refractivity contribution is 0.0270. The molecule has 1 aliphatic rings. The Labute approximate surface area is 134 Å². The highest BCUT2D eigenvalue weighted by Crippen LogP contribution is 2.24. The molecule has 2 amide bonds. The molecule has 0 saturated carbocycles. The van der Waals surface area contributed by atoms with Gasteiger partial charge in [-0.2, -0.15) is 0 Å². The molecule has 0 saturated heterocycles. The van der Waals surface area contributed by atoms with Crippen molar-refractivity contribution < 1.29 is 18.7 Å². The fraction of sp³-hybridized carbons (Fsp3) is 0.438. The monoisotopic (exact) mass is 321 g/mol. The van der Waals surface area contributed by atoms with Gasteiger partial charge in [0.25, 0.3) is 5.91 Å². The summed E-state index contributed by atoms with van der Waals surface area (Å²) in [5.41, 5.74) is 5.36. The topological polar surface area (TPSA) is 85.5 Å². The molecule has 0 radical (unpaired) electrons. The predicted octanol–water partition coefficient (Wildman–Crippen LogP) is 2.34. The van der Waals surface area contributed by atoms with Gasteiger partial charge in [-0.15, -0.1) is 0 Å². The van der Waals surface area contributed by atoms with Gasteiger partial charge in [-0.05, 0) is 44.9 Å². The molecule has 0 bridgehead atoms. The second-order valence-electron chi connectivity index (χ2n) is 6.30. The molecule has 0 fully saturated rings. The van der Waals surface area contributed by atoms with Crippen LogP contribution in [0.2, 0.25) is 0 Å². The van der Waals surface area contributed by atoms with E-state index < -0.39 is 23.4 Å². The molecule has 6 nitrogen and oxygen atoms in total. The lowest BCUT2D eigenvalue weighted by Gasteiger charge is -2.29. The lowest BCUT2D eigenvalue weighted by atomic mass is 10.0. The summed E-state index contributed by atoms with van der Waals surface area (Å²) in [5.74, 6) is -1.23. The molecule has 0 aromatic carbocycles. The second-order valence-corrected chi connectivity index (χ2v) is 6.30. The van der Waals surface area contributed by atoms with Gasteiger partial charge in [0.05, 0.1) is 0 Å². The quantitative estimate of drug-likeness (QED) is 0.906. The number of hydrogen-bond acceptors (Lipinski definition) is 4. The van der Waals surface area contributed by atoms with E-state index >= 15 is 0 Å². The van der Waals surface area contributed by atoms with Crippen LogP contribution in [0.1, 0.15) is 43.4 Å². The van der Waals surface area contributed by atoms with E-state index in [0.29, 0.717) is 25.1 Å². The molecule has 2 heterocycles. The van der Waals surface area contributed by atoms with Gasteiger partial charge in [-0.1, -0.05) is 6.08 Å². The SMILES string of the molecule is CC(C)(C)OC(=O)N1CC=C(c2nc(C(N)=O)ccc2F)CC1. The van der Waals surface area contributed by atoms with Gasteiger partial charge in [-0.3, -0.25) is 4.79 Å². The normalized spacial score (nSPS) is 15.1. The van der Waals surface area contributed by atoms with Crippen LogP contribution >= 0.6 is 0 Å².